The van der Waals surface area contributed by atoms with E-state index in [2.05, 4.69) is 22.5 Å². The van der Waals surface area contributed by atoms with E-state index in [0.29, 0.717) is 12.3 Å². The standard InChI is InChI=1S/C18H25N3O3S/c1-12(20-9-16(22)17-10-21-13(2)25-17)8-14-4-6-15(7-5-14)24-11-18(23)19-3/h4-7,10,12,16,20,22H,8-9,11H2,1-3H3,(H,19,23). The number of aryl methyl sites for hydroxylation is 1. The maximum absolute atomic E-state index is 11.2. The van der Waals surface area contributed by atoms with Gasteiger partial charge in [-0.25, -0.2) is 4.98 Å². The molecule has 0 aliphatic heterocycles. The van der Waals surface area contributed by atoms with Gasteiger partial charge in [-0.1, -0.05) is 12.1 Å². The summed E-state index contributed by atoms with van der Waals surface area (Å²) in [7, 11) is 1.58. The second kappa shape index (κ2) is 9.50. The normalized spacial score (nSPS) is 13.3. The number of aromatic nitrogens is 1. The Morgan fingerprint density at radius 3 is 2.68 bits per heavy atom. The van der Waals surface area contributed by atoms with Gasteiger partial charge in [0, 0.05) is 25.8 Å². The number of carbonyl (C=O) groups excluding carboxylic acids is 1. The highest BCUT2D eigenvalue weighted by molar-refractivity contribution is 7.11. The highest BCUT2D eigenvalue weighted by Gasteiger charge is 2.12. The highest BCUT2D eigenvalue weighted by atomic mass is 32.1. The maximum Gasteiger partial charge on any atom is 0.257 e. The first-order valence-electron chi connectivity index (χ1n) is 8.24. The molecule has 0 aliphatic rings. The van der Waals surface area contributed by atoms with Gasteiger partial charge < -0.3 is 20.5 Å². The fourth-order valence-electron chi connectivity index (χ4n) is 2.31. The lowest BCUT2D eigenvalue weighted by atomic mass is 10.1. The van der Waals surface area contributed by atoms with Gasteiger partial charge in [0.15, 0.2) is 6.61 Å². The number of rotatable bonds is 9. The molecule has 2 aromatic rings. The Hall–Kier alpha value is -1.96. The molecule has 7 heteroatoms. The molecule has 0 fully saturated rings. The molecule has 0 spiro atoms. The number of aliphatic hydroxyl groups is 1. The second-order valence-electron chi connectivity index (χ2n) is 5.92. The summed E-state index contributed by atoms with van der Waals surface area (Å²) in [5.74, 6) is 0.514. The molecule has 1 heterocycles. The minimum atomic E-state index is -0.533. The van der Waals surface area contributed by atoms with Crippen LogP contribution < -0.4 is 15.4 Å². The van der Waals surface area contributed by atoms with Crippen LogP contribution in [0.25, 0.3) is 0 Å². The van der Waals surface area contributed by atoms with E-state index < -0.39 is 6.10 Å². The smallest absolute Gasteiger partial charge is 0.257 e. The average molecular weight is 363 g/mol. The summed E-state index contributed by atoms with van der Waals surface area (Å²) in [6, 6.07) is 7.92. The van der Waals surface area contributed by atoms with E-state index in [0.717, 1.165) is 21.9 Å². The van der Waals surface area contributed by atoms with E-state index in [9.17, 15) is 9.90 Å². The third-order valence-corrected chi connectivity index (χ3v) is 4.76. The number of ether oxygens (including phenoxy) is 1. The van der Waals surface area contributed by atoms with Crippen LogP contribution in [0.5, 0.6) is 5.75 Å². The van der Waals surface area contributed by atoms with Gasteiger partial charge in [-0.3, -0.25) is 4.79 Å². The number of nitrogens with zero attached hydrogens (tertiary/aromatic N) is 1. The first-order valence-corrected chi connectivity index (χ1v) is 9.05. The zero-order valence-corrected chi connectivity index (χ0v) is 15.6. The van der Waals surface area contributed by atoms with Crippen LogP contribution in [0.1, 0.15) is 28.5 Å². The summed E-state index contributed by atoms with van der Waals surface area (Å²) in [6.07, 6.45) is 2.03. The summed E-state index contributed by atoms with van der Waals surface area (Å²) >= 11 is 1.52. The van der Waals surface area contributed by atoms with Crippen molar-refractivity contribution in [3.05, 3.63) is 45.9 Å². The molecule has 0 saturated heterocycles. The van der Waals surface area contributed by atoms with Gasteiger partial charge in [0.2, 0.25) is 0 Å². The van der Waals surface area contributed by atoms with E-state index in [1.165, 1.54) is 11.3 Å². The topological polar surface area (TPSA) is 83.5 Å². The Morgan fingerprint density at radius 2 is 2.08 bits per heavy atom. The molecule has 0 saturated carbocycles. The first kappa shape index (κ1) is 19.4. The molecule has 0 radical (unpaired) electrons. The molecular weight excluding hydrogens is 338 g/mol. The molecule has 0 aliphatic carbocycles. The van der Waals surface area contributed by atoms with E-state index in [4.69, 9.17) is 4.74 Å². The van der Waals surface area contributed by atoms with Gasteiger partial charge in [0.1, 0.15) is 11.9 Å². The predicted molar refractivity (Wildman–Crippen MR) is 99.0 cm³/mol. The molecule has 0 bridgehead atoms. The molecule has 1 aromatic heterocycles. The summed E-state index contributed by atoms with van der Waals surface area (Å²) in [5.41, 5.74) is 1.16. The summed E-state index contributed by atoms with van der Waals surface area (Å²) in [4.78, 5) is 16.2. The summed E-state index contributed by atoms with van der Waals surface area (Å²) in [6.45, 7) is 4.53. The Bertz CT molecular complexity index is 672. The number of carbonyl (C=O) groups is 1. The molecule has 2 rings (SSSR count). The molecule has 6 nitrogen and oxygen atoms in total. The monoisotopic (exact) mass is 363 g/mol. The average Bonchev–Trinajstić information content (AvgIpc) is 3.05. The minimum absolute atomic E-state index is 0.0166. The Morgan fingerprint density at radius 1 is 1.36 bits per heavy atom. The lowest BCUT2D eigenvalue weighted by Crippen LogP contribution is -2.31. The van der Waals surface area contributed by atoms with Crippen LogP contribution in [0.4, 0.5) is 0 Å². The van der Waals surface area contributed by atoms with Crippen molar-refractivity contribution in [2.75, 3.05) is 20.2 Å². The predicted octanol–water partition coefficient (Wildman–Crippen LogP) is 1.83. The number of hydrogen-bond donors (Lipinski definition) is 3. The number of aliphatic hydroxyl groups excluding tert-OH is 1. The van der Waals surface area contributed by atoms with Crippen LogP contribution in [0.3, 0.4) is 0 Å². The van der Waals surface area contributed by atoms with Crippen molar-refractivity contribution in [3.63, 3.8) is 0 Å². The summed E-state index contributed by atoms with van der Waals surface area (Å²) < 4.78 is 5.38. The minimum Gasteiger partial charge on any atom is -0.484 e. The van der Waals surface area contributed by atoms with Crippen molar-refractivity contribution in [3.8, 4) is 5.75 Å². The van der Waals surface area contributed by atoms with Crippen LogP contribution in [0.15, 0.2) is 30.5 Å². The number of thiazole rings is 1. The fraction of sp³-hybridized carbons (Fsp3) is 0.444. The van der Waals surface area contributed by atoms with Gasteiger partial charge in [-0.2, -0.15) is 0 Å². The first-order chi connectivity index (χ1) is 12.0. The van der Waals surface area contributed by atoms with Crippen molar-refractivity contribution in [2.45, 2.75) is 32.4 Å². The molecule has 1 aromatic carbocycles. The zero-order valence-electron chi connectivity index (χ0n) is 14.8. The van der Waals surface area contributed by atoms with E-state index in [1.807, 2.05) is 31.2 Å². The quantitative estimate of drug-likeness (QED) is 0.633. The lowest BCUT2D eigenvalue weighted by molar-refractivity contribution is -0.122. The van der Waals surface area contributed by atoms with Crippen LogP contribution >= 0.6 is 11.3 Å². The lowest BCUT2D eigenvalue weighted by Gasteiger charge is -2.16. The Balaban J connectivity index is 1.76. The number of benzene rings is 1. The van der Waals surface area contributed by atoms with Crippen molar-refractivity contribution < 1.29 is 14.6 Å². The second-order valence-corrected chi connectivity index (χ2v) is 7.18. The molecular formula is C18H25N3O3S. The molecule has 3 N–H and O–H groups in total. The fourth-order valence-corrected chi connectivity index (χ4v) is 3.09. The van der Waals surface area contributed by atoms with Gasteiger partial charge in [0.25, 0.3) is 5.91 Å². The molecule has 25 heavy (non-hydrogen) atoms. The number of nitrogens with one attached hydrogen (secondary N) is 2. The Labute approximate surface area is 152 Å². The van der Waals surface area contributed by atoms with E-state index in [1.54, 1.807) is 13.2 Å². The maximum atomic E-state index is 11.2. The van der Waals surface area contributed by atoms with Crippen LogP contribution in [0, 0.1) is 6.92 Å². The molecule has 2 atom stereocenters. The number of amides is 1. The van der Waals surface area contributed by atoms with Crippen LogP contribution in [-0.4, -0.2) is 42.2 Å². The van der Waals surface area contributed by atoms with E-state index in [-0.39, 0.29) is 18.6 Å². The van der Waals surface area contributed by atoms with Crippen molar-refractivity contribution in [2.24, 2.45) is 0 Å². The van der Waals surface area contributed by atoms with Crippen LogP contribution in [0.2, 0.25) is 0 Å². The van der Waals surface area contributed by atoms with E-state index >= 15 is 0 Å². The SMILES string of the molecule is CNC(=O)COc1ccc(CC(C)NCC(O)c2cnc(C)s2)cc1. The number of likely N-dealkylation sites (N-methyl/N-ethyl adjacent to an activating group) is 1. The van der Waals surface area contributed by atoms with Crippen LogP contribution in [-0.2, 0) is 11.2 Å². The van der Waals surface area contributed by atoms with Crippen molar-refractivity contribution >= 4 is 17.2 Å². The molecule has 1 amide bonds. The zero-order chi connectivity index (χ0) is 18.2. The van der Waals surface area contributed by atoms with Gasteiger partial charge in [-0.05, 0) is 38.0 Å². The van der Waals surface area contributed by atoms with Gasteiger partial charge in [-0.15, -0.1) is 11.3 Å². The molecule has 2 unspecified atom stereocenters. The number of hydrogen-bond acceptors (Lipinski definition) is 6. The summed E-state index contributed by atoms with van der Waals surface area (Å²) in [5, 5.41) is 17.0. The largest absolute Gasteiger partial charge is 0.484 e. The third-order valence-electron chi connectivity index (χ3n) is 3.74. The Kier molecular flexibility index (Phi) is 7.36. The molecule has 136 valence electrons. The van der Waals surface area contributed by atoms with Gasteiger partial charge in [0.05, 0.1) is 9.88 Å². The third kappa shape index (κ3) is 6.45. The van der Waals surface area contributed by atoms with Gasteiger partial charge >= 0.3 is 0 Å². The highest BCUT2D eigenvalue weighted by Crippen LogP contribution is 2.20. The van der Waals surface area contributed by atoms with Crippen molar-refractivity contribution in [1.29, 1.82) is 0 Å². The van der Waals surface area contributed by atoms with Crippen molar-refractivity contribution in [1.82, 2.24) is 15.6 Å².